The first kappa shape index (κ1) is 16.9. The molecule has 26 heavy (non-hydrogen) atoms. The summed E-state index contributed by atoms with van der Waals surface area (Å²) in [6.45, 7) is 1.24. The van der Waals surface area contributed by atoms with E-state index in [9.17, 15) is 14.4 Å². The van der Waals surface area contributed by atoms with Crippen LogP contribution in [0.1, 0.15) is 25.7 Å². The van der Waals surface area contributed by atoms with Crippen molar-refractivity contribution >= 4 is 29.3 Å². The highest BCUT2D eigenvalue weighted by molar-refractivity contribution is 5.96. The standard InChI is InChI=1S/C19H23N3O4/c23-16(7-8-22-9-10-26-19(22)25)20-12-3-1-4-13(11-12)21-18(24)17-14-5-2-6-15(14)17/h1,3-4,11,14-15,17H,2,5-10H2,(H,20,23)(H,21,24)/t14-,15+,17?. The minimum Gasteiger partial charge on any atom is -0.448 e. The molecule has 1 aliphatic heterocycles. The molecule has 4 rings (SSSR count). The summed E-state index contributed by atoms with van der Waals surface area (Å²) in [7, 11) is 0. The van der Waals surface area contributed by atoms with Crippen LogP contribution in [-0.2, 0) is 14.3 Å². The average molecular weight is 357 g/mol. The van der Waals surface area contributed by atoms with Gasteiger partial charge in [0.15, 0.2) is 0 Å². The molecule has 1 unspecified atom stereocenters. The Balaban J connectivity index is 1.27. The number of nitrogens with one attached hydrogen (secondary N) is 2. The smallest absolute Gasteiger partial charge is 0.409 e. The predicted molar refractivity (Wildman–Crippen MR) is 95.6 cm³/mol. The van der Waals surface area contributed by atoms with Crippen molar-refractivity contribution in [3.63, 3.8) is 0 Å². The summed E-state index contributed by atoms with van der Waals surface area (Å²) in [6, 6.07) is 7.17. The molecule has 1 heterocycles. The Kier molecular flexibility index (Phi) is 4.53. The van der Waals surface area contributed by atoms with Crippen molar-refractivity contribution in [2.45, 2.75) is 25.7 Å². The second-order valence-electron chi connectivity index (χ2n) is 7.25. The Hall–Kier alpha value is -2.57. The van der Waals surface area contributed by atoms with Crippen LogP contribution in [0.2, 0.25) is 0 Å². The zero-order chi connectivity index (χ0) is 18.1. The van der Waals surface area contributed by atoms with Crippen molar-refractivity contribution in [1.29, 1.82) is 0 Å². The van der Waals surface area contributed by atoms with Gasteiger partial charge in [-0.15, -0.1) is 0 Å². The highest BCUT2D eigenvalue weighted by Gasteiger charge is 2.56. The van der Waals surface area contributed by atoms with Gasteiger partial charge in [-0.2, -0.15) is 0 Å². The van der Waals surface area contributed by atoms with Crippen molar-refractivity contribution in [1.82, 2.24) is 4.90 Å². The number of rotatable bonds is 6. The Morgan fingerprint density at radius 3 is 2.58 bits per heavy atom. The van der Waals surface area contributed by atoms with Gasteiger partial charge >= 0.3 is 6.09 Å². The third kappa shape index (κ3) is 3.52. The lowest BCUT2D eigenvalue weighted by Crippen LogP contribution is -2.28. The minimum absolute atomic E-state index is 0.0933. The van der Waals surface area contributed by atoms with Gasteiger partial charge in [-0.25, -0.2) is 4.79 Å². The summed E-state index contributed by atoms with van der Waals surface area (Å²) in [5, 5.41) is 5.78. The van der Waals surface area contributed by atoms with Gasteiger partial charge in [0.05, 0.1) is 6.54 Å². The molecule has 1 aromatic rings. The van der Waals surface area contributed by atoms with Crippen molar-refractivity contribution in [3.8, 4) is 0 Å². The third-order valence-corrected chi connectivity index (χ3v) is 5.58. The van der Waals surface area contributed by atoms with Crippen LogP contribution in [0.3, 0.4) is 0 Å². The molecule has 0 radical (unpaired) electrons. The summed E-state index contributed by atoms with van der Waals surface area (Å²) in [5.74, 6) is 1.24. The van der Waals surface area contributed by atoms with Crippen LogP contribution in [0.25, 0.3) is 0 Å². The van der Waals surface area contributed by atoms with E-state index < -0.39 is 0 Å². The quantitative estimate of drug-likeness (QED) is 0.819. The Labute approximate surface area is 152 Å². The fraction of sp³-hybridized carbons (Fsp3) is 0.526. The fourth-order valence-electron chi connectivity index (χ4n) is 4.20. The van der Waals surface area contributed by atoms with E-state index in [0.29, 0.717) is 42.9 Å². The van der Waals surface area contributed by atoms with Gasteiger partial charge < -0.3 is 20.3 Å². The number of ether oxygens (including phenoxy) is 1. The largest absolute Gasteiger partial charge is 0.448 e. The number of benzene rings is 1. The summed E-state index contributed by atoms with van der Waals surface area (Å²) >= 11 is 0. The van der Waals surface area contributed by atoms with Gasteiger partial charge in [0, 0.05) is 30.3 Å². The molecule has 3 amide bonds. The molecule has 7 nitrogen and oxygen atoms in total. The van der Waals surface area contributed by atoms with Gasteiger partial charge in [-0.05, 0) is 42.9 Å². The minimum atomic E-state index is -0.368. The molecule has 0 bridgehead atoms. The van der Waals surface area contributed by atoms with Crippen LogP contribution in [0.15, 0.2) is 24.3 Å². The maximum absolute atomic E-state index is 12.4. The van der Waals surface area contributed by atoms with E-state index in [2.05, 4.69) is 10.6 Å². The molecule has 7 heteroatoms. The number of hydrogen-bond acceptors (Lipinski definition) is 4. The Bertz CT molecular complexity index is 725. The number of anilines is 2. The number of hydrogen-bond donors (Lipinski definition) is 2. The van der Waals surface area contributed by atoms with Crippen molar-refractivity contribution in [2.24, 2.45) is 17.8 Å². The predicted octanol–water partition coefficient (Wildman–Crippen LogP) is 2.45. The molecular formula is C19H23N3O4. The number of cyclic esters (lactones) is 1. The fourth-order valence-corrected chi connectivity index (χ4v) is 4.20. The first-order valence-corrected chi connectivity index (χ1v) is 9.24. The second kappa shape index (κ2) is 6.97. The summed E-state index contributed by atoms with van der Waals surface area (Å²) < 4.78 is 4.84. The van der Waals surface area contributed by atoms with Gasteiger partial charge in [-0.1, -0.05) is 12.5 Å². The van der Waals surface area contributed by atoms with Crippen molar-refractivity contribution in [3.05, 3.63) is 24.3 Å². The molecule has 2 aliphatic carbocycles. The van der Waals surface area contributed by atoms with Crippen LogP contribution in [0, 0.1) is 17.8 Å². The van der Waals surface area contributed by atoms with Gasteiger partial charge in [-0.3, -0.25) is 9.59 Å². The van der Waals surface area contributed by atoms with Crippen LogP contribution in [0.5, 0.6) is 0 Å². The maximum atomic E-state index is 12.4. The topological polar surface area (TPSA) is 87.7 Å². The van der Waals surface area contributed by atoms with E-state index in [1.165, 1.54) is 24.2 Å². The molecule has 3 aliphatic rings. The Morgan fingerprint density at radius 2 is 1.88 bits per heavy atom. The monoisotopic (exact) mass is 357 g/mol. The summed E-state index contributed by atoms with van der Waals surface area (Å²) in [6.07, 6.45) is 3.42. The zero-order valence-corrected chi connectivity index (χ0v) is 14.6. The first-order chi connectivity index (χ1) is 12.6. The molecule has 3 atom stereocenters. The molecule has 0 aromatic heterocycles. The number of fused-ring (bicyclic) bond motifs is 1. The molecule has 1 saturated heterocycles. The summed E-state index contributed by atoms with van der Waals surface area (Å²) in [4.78, 5) is 37.3. The van der Waals surface area contributed by atoms with Crippen molar-refractivity contribution in [2.75, 3.05) is 30.3 Å². The van der Waals surface area contributed by atoms with Crippen LogP contribution < -0.4 is 10.6 Å². The normalized spacial score (nSPS) is 26.2. The number of carbonyl (C=O) groups is 3. The lowest BCUT2D eigenvalue weighted by molar-refractivity contribution is -0.118. The number of nitrogens with zero attached hydrogens (tertiary/aromatic N) is 1. The van der Waals surface area contributed by atoms with E-state index in [1.54, 1.807) is 18.2 Å². The Morgan fingerprint density at radius 1 is 1.15 bits per heavy atom. The lowest BCUT2D eigenvalue weighted by atomic mass is 10.1. The third-order valence-electron chi connectivity index (χ3n) is 5.58. The lowest BCUT2D eigenvalue weighted by Gasteiger charge is -2.13. The second-order valence-corrected chi connectivity index (χ2v) is 7.25. The maximum Gasteiger partial charge on any atom is 0.409 e. The molecule has 2 saturated carbocycles. The summed E-state index contributed by atoms with van der Waals surface area (Å²) in [5.41, 5.74) is 1.33. The van der Waals surface area contributed by atoms with Crippen molar-refractivity contribution < 1.29 is 19.1 Å². The number of amides is 3. The van der Waals surface area contributed by atoms with E-state index in [-0.39, 0.29) is 30.2 Å². The van der Waals surface area contributed by atoms with E-state index in [4.69, 9.17) is 4.74 Å². The molecule has 1 aromatic carbocycles. The SMILES string of the molecule is O=C(CCN1CCOC1=O)Nc1cccc(NC(=O)C2[C@H]3CCC[C@@H]23)c1. The first-order valence-electron chi connectivity index (χ1n) is 9.24. The number of carbonyl (C=O) groups excluding carboxylic acids is 3. The van der Waals surface area contributed by atoms with Gasteiger partial charge in [0.25, 0.3) is 0 Å². The molecular weight excluding hydrogens is 334 g/mol. The van der Waals surface area contributed by atoms with Gasteiger partial charge in [0.1, 0.15) is 6.61 Å². The molecule has 138 valence electrons. The van der Waals surface area contributed by atoms with E-state index in [1.807, 2.05) is 6.07 Å². The highest BCUT2D eigenvalue weighted by atomic mass is 16.6. The average Bonchev–Trinajstić information content (AvgIpc) is 2.93. The van der Waals surface area contributed by atoms with Crippen LogP contribution in [-0.4, -0.2) is 42.5 Å². The molecule has 2 N–H and O–H groups in total. The molecule has 3 fully saturated rings. The van der Waals surface area contributed by atoms with Gasteiger partial charge in [0.2, 0.25) is 11.8 Å². The zero-order valence-electron chi connectivity index (χ0n) is 14.6. The highest BCUT2D eigenvalue weighted by Crippen LogP contribution is 2.57. The van der Waals surface area contributed by atoms with E-state index >= 15 is 0 Å². The van der Waals surface area contributed by atoms with E-state index in [0.717, 1.165) is 0 Å². The van der Waals surface area contributed by atoms with Crippen LogP contribution >= 0.6 is 0 Å². The molecule has 0 spiro atoms. The van der Waals surface area contributed by atoms with Crippen LogP contribution in [0.4, 0.5) is 16.2 Å².